The lowest BCUT2D eigenvalue weighted by atomic mass is 10.3. The maximum atomic E-state index is 5.89. The highest BCUT2D eigenvalue weighted by molar-refractivity contribution is 5.59. The Balaban J connectivity index is 1.54. The van der Waals surface area contributed by atoms with E-state index in [9.17, 15) is 0 Å². The van der Waals surface area contributed by atoms with Gasteiger partial charge in [0.2, 0.25) is 0 Å². The quantitative estimate of drug-likeness (QED) is 0.784. The van der Waals surface area contributed by atoms with Crippen LogP contribution in [0.4, 0.5) is 17.7 Å². The number of nitrogens with one attached hydrogen (secondary N) is 1. The third-order valence-electron chi connectivity index (χ3n) is 3.95. The fourth-order valence-corrected chi connectivity index (χ4v) is 2.66. The molecule has 0 bridgehead atoms. The van der Waals surface area contributed by atoms with Crippen molar-refractivity contribution in [1.82, 2.24) is 15.0 Å². The van der Waals surface area contributed by atoms with Crippen LogP contribution in [0.15, 0.2) is 47.1 Å². The van der Waals surface area contributed by atoms with Crippen molar-refractivity contribution in [3.63, 3.8) is 0 Å². The number of aryl methyl sites for hydroxylation is 1. The average Bonchev–Trinajstić information content (AvgIpc) is 3.13. The summed E-state index contributed by atoms with van der Waals surface area (Å²) in [5.74, 6) is 2.11. The third-order valence-corrected chi connectivity index (χ3v) is 3.95. The molecule has 7 heteroatoms. The molecule has 0 atom stereocenters. The van der Waals surface area contributed by atoms with E-state index >= 15 is 0 Å². The zero-order chi connectivity index (χ0) is 17.1. The van der Waals surface area contributed by atoms with Gasteiger partial charge in [0.15, 0.2) is 5.76 Å². The SMILES string of the molecule is Cc1ccnc(Nc2cccc(-c3cnc(N4CCOCC4)o3)n2)c1. The van der Waals surface area contributed by atoms with Crippen molar-refractivity contribution in [1.29, 1.82) is 0 Å². The Morgan fingerprint density at radius 1 is 1.08 bits per heavy atom. The van der Waals surface area contributed by atoms with E-state index in [1.807, 2.05) is 37.3 Å². The van der Waals surface area contributed by atoms with Gasteiger partial charge in [0, 0.05) is 19.3 Å². The number of morpholine rings is 1. The summed E-state index contributed by atoms with van der Waals surface area (Å²) in [6.45, 7) is 4.98. The third kappa shape index (κ3) is 3.61. The smallest absolute Gasteiger partial charge is 0.297 e. The maximum Gasteiger partial charge on any atom is 0.297 e. The Bertz CT molecular complexity index is 858. The standard InChI is InChI=1S/C18H19N5O2/c1-13-5-6-19-17(11-13)22-16-4-2-3-14(21-16)15-12-20-18(25-15)23-7-9-24-10-8-23/h2-6,11-12H,7-10H2,1H3,(H,19,21,22). The Kier molecular flexibility index (Phi) is 4.30. The summed E-state index contributed by atoms with van der Waals surface area (Å²) in [6, 6.07) is 10.3. The summed E-state index contributed by atoms with van der Waals surface area (Å²) < 4.78 is 11.2. The second-order valence-electron chi connectivity index (χ2n) is 5.86. The lowest BCUT2D eigenvalue weighted by Crippen LogP contribution is -2.36. The van der Waals surface area contributed by atoms with E-state index < -0.39 is 0 Å². The van der Waals surface area contributed by atoms with Gasteiger partial charge in [-0.05, 0) is 36.8 Å². The molecule has 1 aliphatic rings. The average molecular weight is 337 g/mol. The number of anilines is 3. The van der Waals surface area contributed by atoms with Crippen LogP contribution >= 0.6 is 0 Å². The van der Waals surface area contributed by atoms with E-state index in [1.165, 1.54) is 0 Å². The molecule has 25 heavy (non-hydrogen) atoms. The van der Waals surface area contributed by atoms with Crippen LogP contribution in [0, 0.1) is 6.92 Å². The van der Waals surface area contributed by atoms with Gasteiger partial charge in [0.05, 0.1) is 19.4 Å². The summed E-state index contributed by atoms with van der Waals surface area (Å²) in [5.41, 5.74) is 1.86. The van der Waals surface area contributed by atoms with Crippen LogP contribution in [0.2, 0.25) is 0 Å². The van der Waals surface area contributed by atoms with Crippen molar-refractivity contribution < 1.29 is 9.15 Å². The first-order valence-corrected chi connectivity index (χ1v) is 8.23. The first kappa shape index (κ1) is 15.6. The van der Waals surface area contributed by atoms with Crippen molar-refractivity contribution in [2.75, 3.05) is 36.5 Å². The molecular weight excluding hydrogens is 318 g/mol. The summed E-state index contributed by atoms with van der Waals surface area (Å²) in [4.78, 5) is 15.3. The Hall–Kier alpha value is -2.93. The van der Waals surface area contributed by atoms with Gasteiger partial charge in [-0.15, -0.1) is 0 Å². The number of pyridine rings is 2. The van der Waals surface area contributed by atoms with Gasteiger partial charge in [0.1, 0.15) is 17.3 Å². The Morgan fingerprint density at radius 3 is 2.80 bits per heavy atom. The molecule has 0 spiro atoms. The molecule has 3 aromatic heterocycles. The molecule has 4 heterocycles. The molecule has 4 rings (SSSR count). The monoisotopic (exact) mass is 337 g/mol. The minimum Gasteiger partial charge on any atom is -0.422 e. The molecule has 0 aliphatic carbocycles. The predicted molar refractivity (Wildman–Crippen MR) is 95.0 cm³/mol. The lowest BCUT2D eigenvalue weighted by molar-refractivity contribution is 0.120. The molecular formula is C18H19N5O2. The number of aromatic nitrogens is 3. The van der Waals surface area contributed by atoms with E-state index in [0.29, 0.717) is 30.8 Å². The number of nitrogens with zero attached hydrogens (tertiary/aromatic N) is 4. The molecule has 0 amide bonds. The van der Waals surface area contributed by atoms with E-state index in [1.54, 1.807) is 12.4 Å². The van der Waals surface area contributed by atoms with Gasteiger partial charge in [-0.25, -0.2) is 15.0 Å². The molecule has 0 radical (unpaired) electrons. The van der Waals surface area contributed by atoms with Crippen LogP contribution in [-0.2, 0) is 4.74 Å². The van der Waals surface area contributed by atoms with Gasteiger partial charge >= 0.3 is 0 Å². The highest BCUT2D eigenvalue weighted by atomic mass is 16.5. The molecule has 1 fully saturated rings. The fourth-order valence-electron chi connectivity index (χ4n) is 2.66. The van der Waals surface area contributed by atoms with Gasteiger partial charge in [-0.2, -0.15) is 0 Å². The van der Waals surface area contributed by atoms with Gasteiger partial charge in [-0.3, -0.25) is 0 Å². The second kappa shape index (κ2) is 6.90. The lowest BCUT2D eigenvalue weighted by Gasteiger charge is -2.24. The van der Waals surface area contributed by atoms with Crippen molar-refractivity contribution in [2.45, 2.75) is 6.92 Å². The molecule has 3 aromatic rings. The molecule has 1 N–H and O–H groups in total. The highest BCUT2D eigenvalue weighted by Crippen LogP contribution is 2.25. The molecule has 7 nitrogen and oxygen atoms in total. The van der Waals surface area contributed by atoms with Crippen LogP contribution in [0.25, 0.3) is 11.5 Å². The van der Waals surface area contributed by atoms with E-state index in [2.05, 4.69) is 25.2 Å². The van der Waals surface area contributed by atoms with Crippen molar-refractivity contribution in [3.05, 3.63) is 48.3 Å². The number of hydrogen-bond donors (Lipinski definition) is 1. The number of rotatable bonds is 4. The van der Waals surface area contributed by atoms with Gasteiger partial charge in [0.25, 0.3) is 6.01 Å². The molecule has 1 aliphatic heterocycles. The second-order valence-corrected chi connectivity index (χ2v) is 5.86. The topological polar surface area (TPSA) is 76.3 Å². The van der Waals surface area contributed by atoms with Crippen molar-refractivity contribution in [2.24, 2.45) is 0 Å². The minimum atomic E-state index is 0.610. The van der Waals surface area contributed by atoms with E-state index in [4.69, 9.17) is 9.15 Å². The van der Waals surface area contributed by atoms with E-state index in [-0.39, 0.29) is 0 Å². The largest absolute Gasteiger partial charge is 0.422 e. The first-order chi connectivity index (χ1) is 12.3. The summed E-state index contributed by atoms with van der Waals surface area (Å²) in [7, 11) is 0. The predicted octanol–water partition coefficient (Wildman–Crippen LogP) is 3.02. The van der Waals surface area contributed by atoms with E-state index in [0.717, 1.165) is 30.2 Å². The van der Waals surface area contributed by atoms with Gasteiger partial charge < -0.3 is 19.4 Å². The van der Waals surface area contributed by atoms with Crippen LogP contribution in [0.1, 0.15) is 5.56 Å². The Labute approximate surface area is 145 Å². The van der Waals surface area contributed by atoms with Crippen molar-refractivity contribution in [3.8, 4) is 11.5 Å². The summed E-state index contributed by atoms with van der Waals surface area (Å²) >= 11 is 0. The van der Waals surface area contributed by atoms with Crippen LogP contribution in [-0.4, -0.2) is 41.3 Å². The number of hydrogen-bond acceptors (Lipinski definition) is 7. The first-order valence-electron chi connectivity index (χ1n) is 8.23. The zero-order valence-corrected chi connectivity index (χ0v) is 14.0. The van der Waals surface area contributed by atoms with Gasteiger partial charge in [-0.1, -0.05) is 6.07 Å². The van der Waals surface area contributed by atoms with Crippen LogP contribution < -0.4 is 10.2 Å². The molecule has 0 saturated carbocycles. The van der Waals surface area contributed by atoms with Crippen LogP contribution in [0.5, 0.6) is 0 Å². The summed E-state index contributed by atoms with van der Waals surface area (Å²) in [6.07, 6.45) is 3.48. The fraction of sp³-hybridized carbons (Fsp3) is 0.278. The van der Waals surface area contributed by atoms with Crippen LogP contribution in [0.3, 0.4) is 0 Å². The maximum absolute atomic E-state index is 5.89. The Morgan fingerprint density at radius 2 is 1.96 bits per heavy atom. The number of ether oxygens (including phenoxy) is 1. The zero-order valence-electron chi connectivity index (χ0n) is 14.0. The number of oxazole rings is 1. The van der Waals surface area contributed by atoms with Crippen molar-refractivity contribution >= 4 is 17.7 Å². The summed E-state index contributed by atoms with van der Waals surface area (Å²) in [5, 5.41) is 3.21. The molecule has 1 saturated heterocycles. The molecule has 128 valence electrons. The highest BCUT2D eigenvalue weighted by Gasteiger charge is 2.17. The minimum absolute atomic E-state index is 0.610. The normalized spacial score (nSPS) is 14.5. The molecule has 0 unspecified atom stereocenters. The molecule has 0 aromatic carbocycles.